The van der Waals surface area contributed by atoms with E-state index < -0.39 is 0 Å². The number of aryl methyl sites for hydroxylation is 1. The molecule has 0 bridgehead atoms. The molecule has 0 saturated carbocycles. The fourth-order valence-corrected chi connectivity index (χ4v) is 3.43. The minimum Gasteiger partial charge on any atom is -0.317 e. The van der Waals surface area contributed by atoms with E-state index in [2.05, 4.69) is 67.7 Å². The minimum atomic E-state index is -0.382. The third-order valence-electron chi connectivity index (χ3n) is 5.06. The van der Waals surface area contributed by atoms with Crippen LogP contribution in [-0.4, -0.2) is 13.1 Å². The Labute approximate surface area is 152 Å². The molecule has 1 unspecified atom stereocenters. The summed E-state index contributed by atoms with van der Waals surface area (Å²) in [5.74, 6) is 0.304. The second kappa shape index (κ2) is 10.0. The molecule has 0 amide bonds. The molecule has 0 aliphatic carbocycles. The van der Waals surface area contributed by atoms with Crippen molar-refractivity contribution in [3.63, 3.8) is 0 Å². The molecule has 0 saturated heterocycles. The quantitative estimate of drug-likeness (QED) is 0.613. The van der Waals surface area contributed by atoms with Gasteiger partial charge in [0.15, 0.2) is 0 Å². The maximum absolute atomic E-state index is 9.90. The molecule has 25 heavy (non-hydrogen) atoms. The van der Waals surface area contributed by atoms with Crippen LogP contribution in [0.25, 0.3) is 0 Å². The van der Waals surface area contributed by atoms with E-state index in [1.54, 1.807) is 0 Å². The number of benzene rings is 2. The molecule has 0 spiro atoms. The molecule has 0 aromatic heterocycles. The maximum atomic E-state index is 9.90. The Hall–Kier alpha value is -2.11. The Balaban J connectivity index is 1.75. The predicted octanol–water partition coefficient (Wildman–Crippen LogP) is 5.11. The Morgan fingerprint density at radius 3 is 2.12 bits per heavy atom. The first-order valence-corrected chi connectivity index (χ1v) is 9.40. The Morgan fingerprint density at radius 1 is 0.920 bits per heavy atom. The lowest BCUT2D eigenvalue weighted by atomic mass is 9.70. The van der Waals surface area contributed by atoms with Crippen molar-refractivity contribution in [3.05, 3.63) is 71.8 Å². The number of hydrogen-bond acceptors (Lipinski definition) is 2. The summed E-state index contributed by atoms with van der Waals surface area (Å²) in [6.45, 7) is 6.31. The van der Waals surface area contributed by atoms with Crippen molar-refractivity contribution < 1.29 is 0 Å². The molecular formula is C23H30N2. The Morgan fingerprint density at radius 2 is 1.52 bits per heavy atom. The minimum absolute atomic E-state index is 0.304. The highest BCUT2D eigenvalue weighted by molar-refractivity contribution is 5.33. The molecule has 2 heteroatoms. The van der Waals surface area contributed by atoms with Crippen LogP contribution in [0.3, 0.4) is 0 Å². The van der Waals surface area contributed by atoms with E-state index in [0.717, 1.165) is 44.3 Å². The molecule has 1 N–H and O–H groups in total. The fourth-order valence-electron chi connectivity index (χ4n) is 3.43. The van der Waals surface area contributed by atoms with Gasteiger partial charge >= 0.3 is 0 Å². The molecule has 0 aliphatic rings. The van der Waals surface area contributed by atoms with Crippen molar-refractivity contribution in [1.82, 2.24) is 5.32 Å². The smallest absolute Gasteiger partial charge is 0.0845 e. The van der Waals surface area contributed by atoms with Crippen molar-refractivity contribution in [2.24, 2.45) is 5.92 Å². The number of nitriles is 1. The van der Waals surface area contributed by atoms with E-state index >= 15 is 0 Å². The summed E-state index contributed by atoms with van der Waals surface area (Å²) in [6.07, 6.45) is 4.19. The van der Waals surface area contributed by atoms with Crippen LogP contribution in [0.1, 0.15) is 44.2 Å². The van der Waals surface area contributed by atoms with E-state index in [-0.39, 0.29) is 5.41 Å². The molecule has 0 fully saturated rings. The monoisotopic (exact) mass is 334 g/mol. The van der Waals surface area contributed by atoms with Crippen LogP contribution in [-0.2, 0) is 11.8 Å². The Bertz CT molecular complexity index is 643. The first kappa shape index (κ1) is 19.2. The average Bonchev–Trinajstić information content (AvgIpc) is 2.65. The highest BCUT2D eigenvalue weighted by atomic mass is 14.8. The van der Waals surface area contributed by atoms with Crippen molar-refractivity contribution in [1.29, 1.82) is 5.26 Å². The van der Waals surface area contributed by atoms with Gasteiger partial charge in [0, 0.05) is 0 Å². The second-order valence-electron chi connectivity index (χ2n) is 7.05. The molecule has 132 valence electrons. The van der Waals surface area contributed by atoms with Gasteiger partial charge in [-0.25, -0.2) is 0 Å². The highest BCUT2D eigenvalue weighted by Gasteiger charge is 2.35. The summed E-state index contributed by atoms with van der Waals surface area (Å²) in [5, 5.41) is 13.4. The first-order valence-electron chi connectivity index (χ1n) is 9.40. The van der Waals surface area contributed by atoms with Gasteiger partial charge < -0.3 is 5.32 Å². The van der Waals surface area contributed by atoms with Crippen LogP contribution in [0.2, 0.25) is 0 Å². The van der Waals surface area contributed by atoms with Gasteiger partial charge in [-0.05, 0) is 55.8 Å². The van der Waals surface area contributed by atoms with Crippen LogP contribution in [0.5, 0.6) is 0 Å². The predicted molar refractivity (Wildman–Crippen MR) is 105 cm³/mol. The van der Waals surface area contributed by atoms with Crippen molar-refractivity contribution in [3.8, 4) is 6.07 Å². The van der Waals surface area contributed by atoms with E-state index in [1.165, 1.54) is 5.56 Å². The lowest BCUT2D eigenvalue weighted by molar-refractivity contribution is 0.356. The lowest BCUT2D eigenvalue weighted by Gasteiger charge is -2.31. The summed E-state index contributed by atoms with van der Waals surface area (Å²) in [5.41, 5.74) is 2.17. The van der Waals surface area contributed by atoms with Crippen LogP contribution in [0.4, 0.5) is 0 Å². The van der Waals surface area contributed by atoms with E-state index in [1.807, 2.05) is 18.2 Å². The van der Waals surface area contributed by atoms with E-state index in [4.69, 9.17) is 0 Å². The van der Waals surface area contributed by atoms with Gasteiger partial charge in [0.25, 0.3) is 0 Å². The molecular weight excluding hydrogens is 304 g/mol. The highest BCUT2D eigenvalue weighted by Crippen LogP contribution is 2.36. The number of nitrogens with one attached hydrogen (secondary N) is 1. The third kappa shape index (κ3) is 5.44. The van der Waals surface area contributed by atoms with Gasteiger partial charge in [0.2, 0.25) is 0 Å². The number of rotatable bonds is 10. The maximum Gasteiger partial charge on any atom is 0.0845 e. The van der Waals surface area contributed by atoms with Gasteiger partial charge in [-0.3, -0.25) is 0 Å². The summed E-state index contributed by atoms with van der Waals surface area (Å²) in [7, 11) is 0. The zero-order chi connectivity index (χ0) is 18.0. The van der Waals surface area contributed by atoms with Crippen LogP contribution < -0.4 is 5.32 Å². The van der Waals surface area contributed by atoms with Crippen LogP contribution in [0, 0.1) is 17.2 Å². The largest absolute Gasteiger partial charge is 0.317 e. The standard InChI is InChI=1S/C23H30N2/c1-20(2)23(19-24,22-14-7-4-8-15-22)16-10-18-25-17-9-13-21-11-5-3-6-12-21/h3-8,11-12,14-15,20,25H,9-10,13,16-18H2,1-2H3. The number of nitrogens with zero attached hydrogens (tertiary/aromatic N) is 1. The Kier molecular flexibility index (Phi) is 7.70. The molecule has 2 nitrogen and oxygen atoms in total. The van der Waals surface area contributed by atoms with E-state index in [9.17, 15) is 5.26 Å². The normalized spacial score (nSPS) is 13.4. The first-order chi connectivity index (χ1) is 12.2. The summed E-state index contributed by atoms with van der Waals surface area (Å²) in [6, 6.07) is 23.5. The summed E-state index contributed by atoms with van der Waals surface area (Å²) >= 11 is 0. The summed E-state index contributed by atoms with van der Waals surface area (Å²) < 4.78 is 0. The van der Waals surface area contributed by atoms with Gasteiger partial charge in [-0.2, -0.15) is 5.26 Å². The summed E-state index contributed by atoms with van der Waals surface area (Å²) in [4.78, 5) is 0. The lowest BCUT2D eigenvalue weighted by Crippen LogP contribution is -2.32. The number of hydrogen-bond donors (Lipinski definition) is 1. The molecule has 0 aliphatic heterocycles. The van der Waals surface area contributed by atoms with Gasteiger partial charge in [-0.1, -0.05) is 74.5 Å². The molecule has 0 heterocycles. The van der Waals surface area contributed by atoms with Gasteiger partial charge in [-0.15, -0.1) is 0 Å². The molecule has 2 aromatic carbocycles. The van der Waals surface area contributed by atoms with Gasteiger partial charge in [0.1, 0.15) is 0 Å². The molecule has 2 aromatic rings. The van der Waals surface area contributed by atoms with Crippen molar-refractivity contribution >= 4 is 0 Å². The average molecular weight is 335 g/mol. The molecule has 2 rings (SSSR count). The zero-order valence-corrected chi connectivity index (χ0v) is 15.5. The fraction of sp³-hybridized carbons (Fsp3) is 0.435. The SMILES string of the molecule is CC(C)C(C#N)(CCCNCCCc1ccccc1)c1ccccc1. The van der Waals surface area contributed by atoms with Crippen molar-refractivity contribution in [2.45, 2.75) is 44.9 Å². The van der Waals surface area contributed by atoms with Crippen molar-refractivity contribution in [2.75, 3.05) is 13.1 Å². The molecule has 0 radical (unpaired) electrons. The zero-order valence-electron chi connectivity index (χ0n) is 15.5. The van der Waals surface area contributed by atoms with Gasteiger partial charge in [0.05, 0.1) is 11.5 Å². The van der Waals surface area contributed by atoms with Crippen LogP contribution in [0.15, 0.2) is 60.7 Å². The second-order valence-corrected chi connectivity index (χ2v) is 7.05. The van der Waals surface area contributed by atoms with Crippen LogP contribution >= 0.6 is 0 Å². The van der Waals surface area contributed by atoms with E-state index in [0.29, 0.717) is 5.92 Å². The topological polar surface area (TPSA) is 35.8 Å². The third-order valence-corrected chi connectivity index (χ3v) is 5.06. The molecule has 1 atom stereocenters.